The highest BCUT2D eigenvalue weighted by atomic mass is 35.5. The highest BCUT2D eigenvalue weighted by molar-refractivity contribution is 7.93. The van der Waals surface area contributed by atoms with E-state index >= 15 is 0 Å². The molecular weight excluding hydrogens is 412 g/mol. The lowest BCUT2D eigenvalue weighted by atomic mass is 10.1. The molecule has 3 rings (SSSR count). The fourth-order valence-electron chi connectivity index (χ4n) is 2.80. The summed E-state index contributed by atoms with van der Waals surface area (Å²) in [5.41, 5.74) is 7.88. The van der Waals surface area contributed by atoms with E-state index < -0.39 is 10.0 Å². The van der Waals surface area contributed by atoms with Crippen LogP contribution in [0.5, 0.6) is 0 Å². The monoisotopic (exact) mass is 434 g/mol. The van der Waals surface area contributed by atoms with Gasteiger partial charge in [-0.2, -0.15) is 0 Å². The van der Waals surface area contributed by atoms with Crippen molar-refractivity contribution in [3.63, 3.8) is 0 Å². The van der Waals surface area contributed by atoms with Crippen molar-refractivity contribution < 1.29 is 8.42 Å². The zero-order valence-corrected chi connectivity index (χ0v) is 17.6. The van der Waals surface area contributed by atoms with E-state index in [4.69, 9.17) is 17.3 Å². The van der Waals surface area contributed by atoms with Gasteiger partial charge in [-0.3, -0.25) is 14.5 Å². The van der Waals surface area contributed by atoms with Gasteiger partial charge in [0, 0.05) is 48.0 Å². The van der Waals surface area contributed by atoms with E-state index in [-0.39, 0.29) is 10.8 Å². The summed E-state index contributed by atoms with van der Waals surface area (Å²) in [5.74, 6) is 0. The van der Waals surface area contributed by atoms with Gasteiger partial charge in [-0.05, 0) is 37.5 Å². The summed E-state index contributed by atoms with van der Waals surface area (Å²) >= 11 is 6.36. The number of aryl methyl sites for hydroxylation is 1. The summed E-state index contributed by atoms with van der Waals surface area (Å²) in [6.07, 6.45) is 6.83. The van der Waals surface area contributed by atoms with Crippen LogP contribution in [0.15, 0.2) is 52.5 Å². The Morgan fingerprint density at radius 2 is 2.10 bits per heavy atom. The van der Waals surface area contributed by atoms with Crippen LogP contribution >= 0.6 is 11.6 Å². The Balaban J connectivity index is 1.80. The van der Waals surface area contributed by atoms with Gasteiger partial charge in [-0.1, -0.05) is 24.6 Å². The fraction of sp³-hybridized carbons (Fsp3) is 0.300. The van der Waals surface area contributed by atoms with Crippen LogP contribution in [-0.2, 0) is 16.6 Å². The van der Waals surface area contributed by atoms with E-state index in [1.807, 2.05) is 6.92 Å². The number of sulfonamides is 1. The van der Waals surface area contributed by atoms with Crippen molar-refractivity contribution in [2.75, 3.05) is 4.72 Å². The van der Waals surface area contributed by atoms with Gasteiger partial charge in [0.05, 0.1) is 16.0 Å². The maximum absolute atomic E-state index is 12.1. The molecule has 1 aromatic heterocycles. The molecule has 0 spiro atoms. The third-order valence-electron chi connectivity index (χ3n) is 4.47. The molecule has 0 amide bonds. The summed E-state index contributed by atoms with van der Waals surface area (Å²) in [6, 6.07) is 7.99. The Bertz CT molecular complexity index is 1120. The number of benzene rings is 1. The van der Waals surface area contributed by atoms with Crippen LogP contribution in [0, 0.1) is 0 Å². The smallest absolute Gasteiger partial charge is 0.250 e. The van der Waals surface area contributed by atoms with Gasteiger partial charge < -0.3 is 10.3 Å². The minimum Gasteiger partial charge on any atom is -0.404 e. The lowest BCUT2D eigenvalue weighted by Gasteiger charge is -2.10. The molecule has 1 saturated carbocycles. The first-order valence-electron chi connectivity index (χ1n) is 9.32. The van der Waals surface area contributed by atoms with Crippen molar-refractivity contribution in [2.24, 2.45) is 10.7 Å². The van der Waals surface area contributed by atoms with E-state index in [1.165, 1.54) is 12.3 Å². The van der Waals surface area contributed by atoms with Gasteiger partial charge in [0.15, 0.2) is 0 Å². The molecule has 1 heterocycles. The maximum atomic E-state index is 12.1. The third-order valence-corrected chi connectivity index (χ3v) is 6.65. The highest BCUT2D eigenvalue weighted by Gasteiger charge is 2.35. The Hall–Kier alpha value is -2.58. The van der Waals surface area contributed by atoms with E-state index in [1.54, 1.807) is 41.2 Å². The number of hydrogen-bond acceptors (Lipinski definition) is 5. The van der Waals surface area contributed by atoms with Gasteiger partial charge >= 0.3 is 0 Å². The molecule has 9 heteroatoms. The second-order valence-electron chi connectivity index (χ2n) is 6.84. The molecule has 29 heavy (non-hydrogen) atoms. The van der Waals surface area contributed by atoms with Gasteiger partial charge in [-0.25, -0.2) is 8.42 Å². The summed E-state index contributed by atoms with van der Waals surface area (Å²) in [6.45, 7) is 2.61. The van der Waals surface area contributed by atoms with E-state index in [2.05, 4.69) is 9.71 Å². The molecule has 1 aromatic carbocycles. The molecular formula is C20H23ClN4O3S. The first-order chi connectivity index (χ1) is 13.8. The van der Waals surface area contributed by atoms with Crippen molar-refractivity contribution in [2.45, 2.75) is 38.0 Å². The molecule has 154 valence electrons. The van der Waals surface area contributed by atoms with Gasteiger partial charge in [0.25, 0.3) is 5.56 Å². The van der Waals surface area contributed by atoms with Crippen LogP contribution in [0.2, 0.25) is 5.02 Å². The Labute approximate surface area is 175 Å². The number of hydrogen-bond donors (Lipinski definition) is 2. The number of aliphatic imine (C=N–C) groups is 1. The molecule has 0 atom stereocenters. The molecule has 1 aliphatic rings. The predicted molar refractivity (Wildman–Crippen MR) is 118 cm³/mol. The quantitative estimate of drug-likeness (QED) is 0.620. The number of nitrogens with zero attached hydrogens (tertiary/aromatic N) is 2. The molecule has 2 aromatic rings. The lowest BCUT2D eigenvalue weighted by Crippen LogP contribution is -2.17. The first-order valence-corrected chi connectivity index (χ1v) is 11.2. The average molecular weight is 435 g/mol. The normalized spacial score (nSPS) is 15.0. The van der Waals surface area contributed by atoms with Crippen molar-refractivity contribution in [1.82, 2.24) is 4.57 Å². The number of halogens is 1. The van der Waals surface area contributed by atoms with Crippen LogP contribution < -0.4 is 16.0 Å². The molecule has 0 bridgehead atoms. The second kappa shape index (κ2) is 8.84. The molecule has 0 unspecified atom stereocenters. The standard InChI is InChI=1S/C20H23ClN4O3S/c1-2-9-25-13-16(4-8-20(25)26)23-12-14(11-22)18-7-3-15(10-19(18)21)24-29(27,28)17-5-6-17/h3-4,7-8,10-13,17,24H,2,5-6,9,22H2,1H3/b14-11+,23-12?. The number of rotatable bonds is 8. The van der Waals surface area contributed by atoms with Gasteiger partial charge in [-0.15, -0.1) is 0 Å². The minimum absolute atomic E-state index is 0.0762. The van der Waals surface area contributed by atoms with E-state index in [9.17, 15) is 13.2 Å². The SMILES string of the molecule is CCCn1cc(N=C/C(=C\N)c2ccc(NS(=O)(=O)C3CC3)cc2Cl)ccc1=O. The zero-order chi connectivity index (χ0) is 21.0. The van der Waals surface area contributed by atoms with Crippen LogP contribution in [0.25, 0.3) is 5.57 Å². The van der Waals surface area contributed by atoms with Crippen molar-refractivity contribution in [1.29, 1.82) is 0 Å². The van der Waals surface area contributed by atoms with Crippen LogP contribution in [-0.4, -0.2) is 24.4 Å². The Morgan fingerprint density at radius 1 is 1.34 bits per heavy atom. The predicted octanol–water partition coefficient (Wildman–Crippen LogP) is 3.52. The molecule has 0 aliphatic heterocycles. The summed E-state index contributed by atoms with van der Waals surface area (Å²) in [7, 11) is -3.36. The highest BCUT2D eigenvalue weighted by Crippen LogP contribution is 2.32. The maximum Gasteiger partial charge on any atom is 0.250 e. The molecule has 1 aliphatic carbocycles. The molecule has 0 radical (unpaired) electrons. The summed E-state index contributed by atoms with van der Waals surface area (Å²) in [5, 5.41) is 0.0312. The summed E-state index contributed by atoms with van der Waals surface area (Å²) in [4.78, 5) is 16.2. The summed E-state index contributed by atoms with van der Waals surface area (Å²) < 4.78 is 28.3. The average Bonchev–Trinajstić information content (AvgIpc) is 3.52. The van der Waals surface area contributed by atoms with Crippen molar-refractivity contribution in [3.8, 4) is 0 Å². The fourth-order valence-corrected chi connectivity index (χ4v) is 4.46. The molecule has 1 fully saturated rings. The number of aromatic nitrogens is 1. The van der Waals surface area contributed by atoms with Crippen LogP contribution in [0.3, 0.4) is 0 Å². The van der Waals surface area contributed by atoms with Gasteiger partial charge in [0.1, 0.15) is 0 Å². The van der Waals surface area contributed by atoms with Crippen LogP contribution in [0.1, 0.15) is 31.7 Å². The largest absolute Gasteiger partial charge is 0.404 e. The number of nitrogens with one attached hydrogen (secondary N) is 1. The molecule has 3 N–H and O–H groups in total. The van der Waals surface area contributed by atoms with Crippen molar-refractivity contribution >= 4 is 44.8 Å². The van der Waals surface area contributed by atoms with Crippen LogP contribution in [0.4, 0.5) is 11.4 Å². The topological polar surface area (TPSA) is 107 Å². The number of allylic oxidation sites excluding steroid dienone is 1. The third kappa shape index (κ3) is 5.27. The van der Waals surface area contributed by atoms with Gasteiger partial charge in [0.2, 0.25) is 10.0 Å². The number of anilines is 1. The van der Waals surface area contributed by atoms with E-state index in [0.717, 1.165) is 6.42 Å². The number of pyridine rings is 1. The van der Waals surface area contributed by atoms with Crippen molar-refractivity contribution in [3.05, 3.63) is 63.7 Å². The lowest BCUT2D eigenvalue weighted by molar-refractivity contribution is 0.600. The zero-order valence-electron chi connectivity index (χ0n) is 16.0. The molecule has 7 nitrogen and oxygen atoms in total. The first kappa shape index (κ1) is 21.1. The minimum atomic E-state index is -3.36. The van der Waals surface area contributed by atoms with E-state index in [0.29, 0.717) is 46.9 Å². The molecule has 0 saturated heterocycles. The second-order valence-corrected chi connectivity index (χ2v) is 9.21. The number of nitrogens with two attached hydrogens (primary N) is 1. The Morgan fingerprint density at radius 3 is 2.72 bits per heavy atom. The Kier molecular flexibility index (Phi) is 6.44.